The Kier molecular flexibility index (Phi) is 5.21. The Hall–Kier alpha value is -3.52. The molecule has 3 heterocycles. The highest BCUT2D eigenvalue weighted by Gasteiger charge is 2.32. The zero-order valence-corrected chi connectivity index (χ0v) is 17.4. The average Bonchev–Trinajstić information content (AvgIpc) is 3.48. The Balaban J connectivity index is 1.61. The van der Waals surface area contributed by atoms with E-state index in [1.807, 2.05) is 54.6 Å². The van der Waals surface area contributed by atoms with E-state index in [2.05, 4.69) is 25.4 Å². The fourth-order valence-corrected chi connectivity index (χ4v) is 4.30. The molecule has 158 valence electrons. The van der Waals surface area contributed by atoms with Gasteiger partial charge in [0.25, 0.3) is 5.56 Å². The second-order valence-corrected chi connectivity index (χ2v) is 7.83. The molecule has 1 aliphatic heterocycles. The minimum Gasteiger partial charge on any atom is -0.497 e. The molecule has 8 heteroatoms. The topological polar surface area (TPSA) is 88.9 Å². The van der Waals surface area contributed by atoms with E-state index in [4.69, 9.17) is 4.74 Å². The van der Waals surface area contributed by atoms with E-state index in [0.29, 0.717) is 23.7 Å². The average molecular weight is 416 g/mol. The smallest absolute Gasteiger partial charge is 0.253 e. The highest BCUT2D eigenvalue weighted by Crippen LogP contribution is 2.30. The highest BCUT2D eigenvalue weighted by molar-refractivity contribution is 5.80. The van der Waals surface area contributed by atoms with Crippen molar-refractivity contribution >= 4 is 10.9 Å². The lowest BCUT2D eigenvalue weighted by Gasteiger charge is -2.26. The zero-order chi connectivity index (χ0) is 21.2. The molecule has 0 spiro atoms. The van der Waals surface area contributed by atoms with Gasteiger partial charge in [-0.1, -0.05) is 30.3 Å². The van der Waals surface area contributed by atoms with Crippen LogP contribution in [0.4, 0.5) is 0 Å². The van der Waals surface area contributed by atoms with Crippen molar-refractivity contribution in [2.45, 2.75) is 25.4 Å². The first-order valence-electron chi connectivity index (χ1n) is 10.5. The van der Waals surface area contributed by atoms with Crippen LogP contribution in [-0.2, 0) is 6.54 Å². The molecule has 4 aromatic rings. The molecule has 0 saturated carbocycles. The Labute approximate surface area is 179 Å². The van der Waals surface area contributed by atoms with Gasteiger partial charge in [-0.15, -0.1) is 5.10 Å². The number of benzene rings is 2. The lowest BCUT2D eigenvalue weighted by atomic mass is 10.0. The van der Waals surface area contributed by atoms with Gasteiger partial charge in [-0.2, -0.15) is 0 Å². The second-order valence-electron chi connectivity index (χ2n) is 7.83. The number of fused-ring (bicyclic) bond motifs is 1. The first kappa shape index (κ1) is 19.4. The summed E-state index contributed by atoms with van der Waals surface area (Å²) in [5, 5.41) is 13.5. The lowest BCUT2D eigenvalue weighted by molar-refractivity contribution is 0.263. The van der Waals surface area contributed by atoms with Crippen LogP contribution in [0.3, 0.4) is 0 Å². The summed E-state index contributed by atoms with van der Waals surface area (Å²) in [5.74, 6) is 1.39. The molecular formula is C23H24N6O2. The van der Waals surface area contributed by atoms with Gasteiger partial charge in [0.2, 0.25) is 0 Å². The third kappa shape index (κ3) is 3.82. The fraction of sp³-hybridized carbons (Fsp3) is 0.304. The Morgan fingerprint density at radius 3 is 2.68 bits per heavy atom. The van der Waals surface area contributed by atoms with Crippen LogP contribution in [0.15, 0.2) is 59.4 Å². The van der Waals surface area contributed by atoms with Crippen molar-refractivity contribution in [3.63, 3.8) is 0 Å². The molecule has 5 rings (SSSR count). The number of H-pyrrole nitrogens is 1. The van der Waals surface area contributed by atoms with Gasteiger partial charge >= 0.3 is 0 Å². The second kappa shape index (κ2) is 8.31. The van der Waals surface area contributed by atoms with Crippen LogP contribution in [-0.4, -0.2) is 50.3 Å². The van der Waals surface area contributed by atoms with Crippen molar-refractivity contribution in [1.82, 2.24) is 30.1 Å². The minimum atomic E-state index is -0.309. The Bertz CT molecular complexity index is 1240. The fourth-order valence-electron chi connectivity index (χ4n) is 4.30. The first-order chi connectivity index (χ1) is 15.2. The summed E-state index contributed by atoms with van der Waals surface area (Å²) in [6.45, 7) is 2.36. The van der Waals surface area contributed by atoms with Crippen LogP contribution < -0.4 is 10.3 Å². The van der Waals surface area contributed by atoms with Gasteiger partial charge in [-0.3, -0.25) is 9.69 Å². The summed E-state index contributed by atoms with van der Waals surface area (Å²) in [5.41, 5.74) is 2.38. The van der Waals surface area contributed by atoms with Gasteiger partial charge in [0.15, 0.2) is 5.82 Å². The van der Waals surface area contributed by atoms with Crippen LogP contribution in [0.25, 0.3) is 10.9 Å². The third-order valence-electron chi connectivity index (χ3n) is 5.86. The summed E-state index contributed by atoms with van der Waals surface area (Å²) >= 11 is 0. The van der Waals surface area contributed by atoms with E-state index in [9.17, 15) is 4.79 Å². The van der Waals surface area contributed by atoms with Gasteiger partial charge in [-0.25, -0.2) is 4.68 Å². The van der Waals surface area contributed by atoms with E-state index in [1.165, 1.54) is 0 Å². The number of aromatic nitrogens is 5. The van der Waals surface area contributed by atoms with E-state index in [1.54, 1.807) is 11.8 Å². The van der Waals surface area contributed by atoms with Gasteiger partial charge in [0, 0.05) is 11.6 Å². The largest absolute Gasteiger partial charge is 0.497 e. The summed E-state index contributed by atoms with van der Waals surface area (Å²) in [6.07, 6.45) is 2.19. The van der Waals surface area contributed by atoms with Gasteiger partial charge < -0.3 is 9.72 Å². The van der Waals surface area contributed by atoms with E-state index in [-0.39, 0.29) is 11.6 Å². The summed E-state index contributed by atoms with van der Waals surface area (Å²) in [6, 6.07) is 17.4. The number of hydrogen-bond donors (Lipinski definition) is 1. The number of ether oxygens (including phenoxy) is 1. The first-order valence-corrected chi connectivity index (χ1v) is 10.5. The molecule has 1 N–H and O–H groups in total. The summed E-state index contributed by atoms with van der Waals surface area (Å²) in [4.78, 5) is 18.5. The monoisotopic (exact) mass is 416 g/mol. The zero-order valence-electron chi connectivity index (χ0n) is 17.4. The van der Waals surface area contributed by atoms with Crippen LogP contribution in [0.2, 0.25) is 0 Å². The maximum atomic E-state index is 13.2. The van der Waals surface area contributed by atoms with Gasteiger partial charge in [0.1, 0.15) is 11.8 Å². The van der Waals surface area contributed by atoms with E-state index < -0.39 is 0 Å². The molecule has 0 aliphatic carbocycles. The molecule has 2 aromatic heterocycles. The number of pyridine rings is 1. The molecule has 0 radical (unpaired) electrons. The number of likely N-dealkylation sites (tertiary alicyclic amines) is 1. The van der Waals surface area contributed by atoms with E-state index in [0.717, 1.165) is 42.4 Å². The van der Waals surface area contributed by atoms with Crippen molar-refractivity contribution in [1.29, 1.82) is 0 Å². The number of tetrazole rings is 1. The minimum absolute atomic E-state index is 0.132. The molecule has 1 aliphatic rings. The summed E-state index contributed by atoms with van der Waals surface area (Å²) in [7, 11) is 1.61. The third-order valence-corrected chi connectivity index (χ3v) is 5.86. The standard InChI is InChI=1S/C23H24N6O2/c1-31-18-10-9-17-13-19(23(30)24-20(17)14-18)21(28-11-5-6-12-28)22-25-26-27-29(22)15-16-7-3-2-4-8-16/h2-4,7-10,13-14,21H,5-6,11-12,15H2,1H3,(H,24,30)/t21-/m1/s1. The van der Waals surface area contributed by atoms with Crippen LogP contribution in [0, 0.1) is 0 Å². The molecule has 0 amide bonds. The van der Waals surface area contributed by atoms with Crippen molar-refractivity contribution in [3.8, 4) is 5.75 Å². The molecule has 1 saturated heterocycles. The van der Waals surface area contributed by atoms with Gasteiger partial charge in [-0.05, 0) is 65.5 Å². The molecule has 31 heavy (non-hydrogen) atoms. The number of hydrogen-bond acceptors (Lipinski definition) is 6. The predicted molar refractivity (Wildman–Crippen MR) is 117 cm³/mol. The molecule has 0 unspecified atom stereocenters. The van der Waals surface area contributed by atoms with E-state index >= 15 is 0 Å². The maximum Gasteiger partial charge on any atom is 0.253 e. The highest BCUT2D eigenvalue weighted by atomic mass is 16.5. The molecule has 8 nitrogen and oxygen atoms in total. The SMILES string of the molecule is COc1ccc2cc([C@H](c3nnnn3Cc3ccccc3)N3CCCC3)c(=O)[nH]c2c1. The number of aromatic amines is 1. The molecule has 2 aromatic carbocycles. The predicted octanol–water partition coefficient (Wildman–Crippen LogP) is 2.76. The van der Waals surface area contributed by atoms with Crippen molar-refractivity contribution in [2.75, 3.05) is 20.2 Å². The lowest BCUT2D eigenvalue weighted by Crippen LogP contribution is -2.33. The number of nitrogens with zero attached hydrogens (tertiary/aromatic N) is 5. The quantitative estimate of drug-likeness (QED) is 0.520. The molecule has 1 fully saturated rings. The van der Waals surface area contributed by atoms with Crippen LogP contribution in [0.1, 0.15) is 35.8 Å². The molecule has 1 atom stereocenters. The Morgan fingerprint density at radius 2 is 1.90 bits per heavy atom. The summed E-state index contributed by atoms with van der Waals surface area (Å²) < 4.78 is 7.09. The number of rotatable bonds is 6. The number of nitrogens with one attached hydrogen (secondary N) is 1. The van der Waals surface area contributed by atoms with Crippen molar-refractivity contribution < 1.29 is 4.74 Å². The molecular weight excluding hydrogens is 392 g/mol. The van der Waals surface area contributed by atoms with Crippen molar-refractivity contribution in [2.24, 2.45) is 0 Å². The molecule has 0 bridgehead atoms. The number of methoxy groups -OCH3 is 1. The normalized spacial score (nSPS) is 15.4. The van der Waals surface area contributed by atoms with Crippen LogP contribution in [0.5, 0.6) is 5.75 Å². The maximum absolute atomic E-state index is 13.2. The van der Waals surface area contributed by atoms with Crippen LogP contribution >= 0.6 is 0 Å². The van der Waals surface area contributed by atoms with Crippen molar-refractivity contribution in [3.05, 3.63) is 81.9 Å². The van der Waals surface area contributed by atoms with Gasteiger partial charge in [0.05, 0.1) is 19.2 Å². The Morgan fingerprint density at radius 1 is 1.10 bits per heavy atom.